The van der Waals surface area contributed by atoms with E-state index in [1.54, 1.807) is 17.0 Å². The first kappa shape index (κ1) is 21.8. The van der Waals surface area contributed by atoms with Crippen molar-refractivity contribution in [2.45, 2.75) is 25.4 Å². The standard InChI is InChI=1S/C21H27FN4O4S/c22-17-10-15(4-5-18(17)24-6-8-25(9-7-24)19(28)13-27)26-12-16(30-21(26)29)11-23-20(31)14-2-1-3-14/h4-5,10,14,16,27H,1-3,6-9,11-13H2,(H,23,31)/t16-/m0/s1. The average molecular weight is 451 g/mol. The van der Waals surface area contributed by atoms with Crippen LogP contribution >= 0.6 is 12.2 Å². The van der Waals surface area contributed by atoms with Crippen LogP contribution in [0.5, 0.6) is 0 Å². The molecule has 3 aliphatic rings. The zero-order valence-electron chi connectivity index (χ0n) is 17.3. The molecule has 2 saturated heterocycles. The average Bonchev–Trinajstić information content (AvgIpc) is 3.11. The molecular formula is C21H27FN4O4S. The van der Waals surface area contributed by atoms with Crippen LogP contribution in [0.2, 0.25) is 0 Å². The summed E-state index contributed by atoms with van der Waals surface area (Å²) in [5, 5.41) is 12.2. The topological polar surface area (TPSA) is 85.3 Å². The number of hydrogen-bond donors (Lipinski definition) is 2. The van der Waals surface area contributed by atoms with Crippen LogP contribution in [0.25, 0.3) is 0 Å². The van der Waals surface area contributed by atoms with Crippen molar-refractivity contribution in [3.05, 3.63) is 24.0 Å². The largest absolute Gasteiger partial charge is 0.442 e. The molecule has 0 unspecified atom stereocenters. The lowest BCUT2D eigenvalue weighted by atomic mass is 9.85. The van der Waals surface area contributed by atoms with Crippen molar-refractivity contribution >= 4 is 40.6 Å². The smallest absolute Gasteiger partial charge is 0.414 e. The van der Waals surface area contributed by atoms with Gasteiger partial charge in [0.1, 0.15) is 18.5 Å². The number of benzene rings is 1. The summed E-state index contributed by atoms with van der Waals surface area (Å²) < 4.78 is 20.3. The van der Waals surface area contributed by atoms with Gasteiger partial charge in [0, 0.05) is 32.1 Å². The lowest BCUT2D eigenvalue weighted by Crippen LogP contribution is -2.49. The first-order chi connectivity index (χ1) is 15.0. The Morgan fingerprint density at radius 2 is 2.00 bits per heavy atom. The fourth-order valence-electron chi connectivity index (χ4n) is 4.08. The van der Waals surface area contributed by atoms with Gasteiger partial charge in [0.2, 0.25) is 5.91 Å². The van der Waals surface area contributed by atoms with E-state index >= 15 is 0 Å². The SMILES string of the molecule is O=C(CO)N1CCN(c2ccc(N3C[C@H](CNC(=S)C4CCC4)OC3=O)cc2F)CC1. The monoisotopic (exact) mass is 450 g/mol. The van der Waals surface area contributed by atoms with E-state index in [4.69, 9.17) is 22.1 Å². The molecule has 1 saturated carbocycles. The van der Waals surface area contributed by atoms with E-state index in [-0.39, 0.29) is 12.0 Å². The third-order valence-corrected chi connectivity index (χ3v) is 6.68. The predicted molar refractivity (Wildman–Crippen MR) is 118 cm³/mol. The molecule has 0 spiro atoms. The minimum absolute atomic E-state index is 0.319. The van der Waals surface area contributed by atoms with Gasteiger partial charge in [-0.25, -0.2) is 9.18 Å². The number of anilines is 2. The first-order valence-electron chi connectivity index (χ1n) is 10.6. The summed E-state index contributed by atoms with van der Waals surface area (Å²) >= 11 is 5.38. The Morgan fingerprint density at radius 3 is 2.61 bits per heavy atom. The first-order valence-corrected chi connectivity index (χ1v) is 11.1. The Hall–Kier alpha value is -2.46. The fraction of sp³-hybridized carbons (Fsp3) is 0.571. The van der Waals surface area contributed by atoms with Gasteiger partial charge in [-0.15, -0.1) is 0 Å². The van der Waals surface area contributed by atoms with Gasteiger partial charge < -0.3 is 25.0 Å². The molecule has 2 heterocycles. The highest BCUT2D eigenvalue weighted by Crippen LogP contribution is 2.29. The summed E-state index contributed by atoms with van der Waals surface area (Å²) in [6, 6.07) is 4.70. The van der Waals surface area contributed by atoms with Crippen LogP contribution in [0.3, 0.4) is 0 Å². The molecule has 1 aliphatic carbocycles. The maximum Gasteiger partial charge on any atom is 0.414 e. The van der Waals surface area contributed by atoms with Crippen molar-refractivity contribution in [1.82, 2.24) is 10.2 Å². The number of ether oxygens (including phenoxy) is 1. The Labute approximate surface area is 185 Å². The molecule has 2 N–H and O–H groups in total. The van der Waals surface area contributed by atoms with Gasteiger partial charge in [-0.05, 0) is 31.0 Å². The second-order valence-corrected chi connectivity index (χ2v) is 8.59. The number of hydrogen-bond acceptors (Lipinski definition) is 6. The Morgan fingerprint density at radius 1 is 1.26 bits per heavy atom. The third kappa shape index (κ3) is 4.74. The summed E-state index contributed by atoms with van der Waals surface area (Å²) in [6.07, 6.45) is 2.59. The molecule has 31 heavy (non-hydrogen) atoms. The molecular weight excluding hydrogens is 423 g/mol. The number of carbonyl (C=O) groups is 2. The van der Waals surface area contributed by atoms with Crippen molar-refractivity contribution in [2.75, 3.05) is 55.7 Å². The van der Waals surface area contributed by atoms with E-state index in [2.05, 4.69) is 5.32 Å². The van der Waals surface area contributed by atoms with Crippen LogP contribution in [0.4, 0.5) is 20.6 Å². The number of halogens is 1. The van der Waals surface area contributed by atoms with Crippen molar-refractivity contribution in [1.29, 1.82) is 0 Å². The molecule has 0 radical (unpaired) electrons. The molecule has 1 aromatic carbocycles. The molecule has 0 aromatic heterocycles. The molecule has 1 aromatic rings. The molecule has 8 nitrogen and oxygen atoms in total. The van der Waals surface area contributed by atoms with Crippen molar-refractivity contribution in [3.63, 3.8) is 0 Å². The Bertz CT molecular complexity index is 858. The number of aliphatic hydroxyl groups is 1. The van der Waals surface area contributed by atoms with E-state index in [0.717, 1.165) is 17.8 Å². The Balaban J connectivity index is 1.34. The van der Waals surface area contributed by atoms with Gasteiger partial charge >= 0.3 is 6.09 Å². The summed E-state index contributed by atoms with van der Waals surface area (Å²) in [6.45, 7) is 2.07. The number of amides is 2. The van der Waals surface area contributed by atoms with Crippen LogP contribution in [0.1, 0.15) is 19.3 Å². The van der Waals surface area contributed by atoms with Gasteiger partial charge in [-0.1, -0.05) is 18.6 Å². The van der Waals surface area contributed by atoms with Crippen molar-refractivity contribution < 1.29 is 23.8 Å². The number of rotatable bonds is 6. The molecule has 0 bridgehead atoms. The number of nitrogens with one attached hydrogen (secondary N) is 1. The highest BCUT2D eigenvalue weighted by atomic mass is 32.1. The zero-order chi connectivity index (χ0) is 22.0. The minimum Gasteiger partial charge on any atom is -0.442 e. The molecule has 10 heteroatoms. The third-order valence-electron chi connectivity index (χ3n) is 6.21. The maximum absolute atomic E-state index is 14.9. The zero-order valence-corrected chi connectivity index (χ0v) is 18.1. The number of carbonyl (C=O) groups excluding carboxylic acids is 2. The van der Waals surface area contributed by atoms with Crippen LogP contribution in [-0.2, 0) is 9.53 Å². The highest BCUT2D eigenvalue weighted by molar-refractivity contribution is 7.80. The fourth-order valence-corrected chi connectivity index (χ4v) is 4.40. The van der Waals surface area contributed by atoms with Crippen LogP contribution in [-0.4, -0.2) is 79.0 Å². The van der Waals surface area contributed by atoms with Gasteiger partial charge in [0.05, 0.1) is 29.5 Å². The van der Waals surface area contributed by atoms with E-state index in [9.17, 15) is 14.0 Å². The number of thiocarbonyl (C=S) groups is 1. The quantitative estimate of drug-likeness (QED) is 0.636. The summed E-state index contributed by atoms with van der Waals surface area (Å²) in [4.78, 5) is 29.6. The van der Waals surface area contributed by atoms with Gasteiger partial charge in [0.15, 0.2) is 0 Å². The van der Waals surface area contributed by atoms with E-state index in [1.807, 2.05) is 4.90 Å². The van der Waals surface area contributed by atoms with Crippen molar-refractivity contribution in [2.24, 2.45) is 5.92 Å². The van der Waals surface area contributed by atoms with Crippen molar-refractivity contribution in [3.8, 4) is 0 Å². The molecule has 2 amide bonds. The molecule has 4 rings (SSSR count). The molecule has 3 fully saturated rings. The second-order valence-electron chi connectivity index (χ2n) is 8.15. The van der Waals surface area contributed by atoms with E-state index < -0.39 is 18.5 Å². The number of cyclic esters (lactones) is 1. The summed E-state index contributed by atoms with van der Waals surface area (Å²) in [7, 11) is 0. The number of aliphatic hydroxyl groups excluding tert-OH is 1. The molecule has 1 atom stereocenters. The minimum atomic E-state index is -0.516. The normalized spacial score (nSPS) is 21.7. The predicted octanol–water partition coefficient (Wildman–Crippen LogP) is 1.51. The second kappa shape index (κ2) is 9.35. The summed E-state index contributed by atoms with van der Waals surface area (Å²) in [5.41, 5.74) is 0.876. The molecule has 2 aliphatic heterocycles. The van der Waals surface area contributed by atoms with Crippen LogP contribution in [0, 0.1) is 11.7 Å². The van der Waals surface area contributed by atoms with E-state index in [1.165, 1.54) is 17.4 Å². The lowest BCUT2D eigenvalue weighted by molar-refractivity contribution is -0.134. The van der Waals surface area contributed by atoms with Gasteiger partial charge in [-0.2, -0.15) is 0 Å². The van der Waals surface area contributed by atoms with Gasteiger partial charge in [-0.3, -0.25) is 9.69 Å². The Kier molecular flexibility index (Phi) is 6.57. The maximum atomic E-state index is 14.9. The number of nitrogens with zero attached hydrogens (tertiary/aromatic N) is 3. The lowest BCUT2D eigenvalue weighted by Gasteiger charge is -2.36. The molecule has 168 valence electrons. The number of piperazine rings is 1. The summed E-state index contributed by atoms with van der Waals surface area (Å²) in [5.74, 6) is -0.311. The van der Waals surface area contributed by atoms with Gasteiger partial charge in [0.25, 0.3) is 0 Å². The van der Waals surface area contributed by atoms with E-state index in [0.29, 0.717) is 56.6 Å². The van der Waals surface area contributed by atoms with Crippen LogP contribution < -0.4 is 15.1 Å². The highest BCUT2D eigenvalue weighted by Gasteiger charge is 2.33. The van der Waals surface area contributed by atoms with Crippen LogP contribution in [0.15, 0.2) is 18.2 Å².